The Balaban J connectivity index is 2.01. The smallest absolute Gasteiger partial charge is 0.266 e. The molecular weight excluding hydrogens is 333 g/mol. The van der Waals surface area contributed by atoms with E-state index in [1.807, 2.05) is 36.6 Å². The summed E-state index contributed by atoms with van der Waals surface area (Å²) in [6.07, 6.45) is 0. The number of para-hydroxylation sites is 1. The van der Waals surface area contributed by atoms with Crippen molar-refractivity contribution < 1.29 is 13.2 Å². The van der Waals surface area contributed by atoms with Crippen molar-refractivity contribution >= 4 is 34.0 Å². The van der Waals surface area contributed by atoms with Gasteiger partial charge in [-0.25, -0.2) is 12.9 Å². The van der Waals surface area contributed by atoms with E-state index in [0.29, 0.717) is 11.4 Å². The first-order chi connectivity index (χ1) is 11.1. The summed E-state index contributed by atoms with van der Waals surface area (Å²) < 4.78 is 36.0. The van der Waals surface area contributed by atoms with Crippen LogP contribution < -0.4 is 4.31 Å². The summed E-state index contributed by atoms with van der Waals surface area (Å²) in [5.41, 5.74) is 3.08. The number of nitrogens with zero attached hydrogens (tertiary/aromatic N) is 1. The van der Waals surface area contributed by atoms with E-state index in [0.717, 1.165) is 16.0 Å². The molecule has 2 aromatic carbocycles. The van der Waals surface area contributed by atoms with E-state index in [2.05, 4.69) is 0 Å². The Labute approximate surface area is 140 Å². The first-order valence-electron chi connectivity index (χ1n) is 6.87. The monoisotopic (exact) mass is 347 g/mol. The lowest BCUT2D eigenvalue weighted by molar-refractivity contribution is 0.564. The zero-order chi connectivity index (χ0) is 16.4. The number of halogens is 1. The van der Waals surface area contributed by atoms with Gasteiger partial charge in [-0.3, -0.25) is 4.55 Å². The maximum absolute atomic E-state index is 13.0. The van der Waals surface area contributed by atoms with Crippen LogP contribution >= 0.6 is 11.3 Å². The van der Waals surface area contributed by atoms with Crippen LogP contribution in [0.3, 0.4) is 0 Å². The fraction of sp³-hybridized carbons (Fsp3) is 0.0588. The Bertz CT molecular complexity index is 846. The van der Waals surface area contributed by atoms with E-state index >= 15 is 0 Å². The van der Waals surface area contributed by atoms with Crippen LogP contribution in [0.1, 0.15) is 5.56 Å². The summed E-state index contributed by atoms with van der Waals surface area (Å²) in [6.45, 7) is 1.89. The Morgan fingerprint density at radius 2 is 1.83 bits per heavy atom. The van der Waals surface area contributed by atoms with Crippen molar-refractivity contribution in [3.05, 3.63) is 71.4 Å². The number of hydrogen-bond donors (Lipinski definition) is 1. The highest BCUT2D eigenvalue weighted by Crippen LogP contribution is 2.36. The molecule has 23 heavy (non-hydrogen) atoms. The fourth-order valence-electron chi connectivity index (χ4n) is 2.30. The molecule has 1 N–H and O–H groups in total. The molecule has 118 valence electrons. The average Bonchev–Trinajstić information content (AvgIpc) is 2.99. The van der Waals surface area contributed by atoms with Crippen LogP contribution in [0, 0.1) is 12.7 Å². The van der Waals surface area contributed by atoms with E-state index in [1.165, 1.54) is 27.8 Å². The van der Waals surface area contributed by atoms with Gasteiger partial charge in [0.25, 0.3) is 11.3 Å². The minimum Gasteiger partial charge on any atom is -0.289 e. The molecule has 0 amide bonds. The number of thiophene rings is 1. The lowest BCUT2D eigenvalue weighted by atomic mass is 10.2. The summed E-state index contributed by atoms with van der Waals surface area (Å²) in [4.78, 5) is 0.907. The van der Waals surface area contributed by atoms with Gasteiger partial charge < -0.3 is 0 Å². The topological polar surface area (TPSA) is 40.5 Å². The van der Waals surface area contributed by atoms with E-state index in [4.69, 9.17) is 0 Å². The number of benzene rings is 2. The van der Waals surface area contributed by atoms with Gasteiger partial charge in [0.05, 0.1) is 11.4 Å². The van der Waals surface area contributed by atoms with Crippen molar-refractivity contribution in [1.29, 1.82) is 0 Å². The highest BCUT2D eigenvalue weighted by Gasteiger charge is 2.18. The van der Waals surface area contributed by atoms with Gasteiger partial charge in [0.1, 0.15) is 5.82 Å². The molecular formula is C17H14FNO2S2. The summed E-state index contributed by atoms with van der Waals surface area (Å²) in [5, 5.41) is 1.82. The van der Waals surface area contributed by atoms with Gasteiger partial charge >= 0.3 is 0 Å². The quantitative estimate of drug-likeness (QED) is 0.664. The van der Waals surface area contributed by atoms with Crippen LogP contribution in [0.25, 0.3) is 10.4 Å². The maximum atomic E-state index is 13.0. The van der Waals surface area contributed by atoms with Crippen LogP contribution in [-0.2, 0) is 11.3 Å². The van der Waals surface area contributed by atoms with Gasteiger partial charge in [-0.15, -0.1) is 11.3 Å². The summed E-state index contributed by atoms with van der Waals surface area (Å²) >= 11 is -0.737. The van der Waals surface area contributed by atoms with Crippen LogP contribution in [0.15, 0.2) is 60.0 Å². The predicted molar refractivity (Wildman–Crippen MR) is 93.8 cm³/mol. The second kappa shape index (κ2) is 6.62. The Hall–Kier alpha value is -2.02. The van der Waals surface area contributed by atoms with Crippen molar-refractivity contribution in [2.75, 3.05) is 4.31 Å². The lowest BCUT2D eigenvalue weighted by Crippen LogP contribution is -2.19. The van der Waals surface area contributed by atoms with Gasteiger partial charge in [-0.2, -0.15) is 0 Å². The van der Waals surface area contributed by atoms with Crippen molar-refractivity contribution in [3.8, 4) is 10.4 Å². The average molecular weight is 347 g/mol. The largest absolute Gasteiger partial charge is 0.289 e. The Morgan fingerprint density at radius 1 is 1.13 bits per heavy atom. The third-order valence-electron chi connectivity index (χ3n) is 3.44. The predicted octanol–water partition coefficient (Wildman–Crippen LogP) is 5.14. The van der Waals surface area contributed by atoms with Crippen molar-refractivity contribution in [3.63, 3.8) is 0 Å². The zero-order valence-electron chi connectivity index (χ0n) is 12.3. The summed E-state index contributed by atoms with van der Waals surface area (Å²) in [7, 11) is 0. The molecule has 1 aromatic heterocycles. The molecule has 0 fully saturated rings. The number of aryl methyl sites for hydroxylation is 1. The molecule has 6 heteroatoms. The molecule has 3 aromatic rings. The van der Waals surface area contributed by atoms with Crippen LogP contribution in [-0.4, -0.2) is 8.76 Å². The molecule has 3 nitrogen and oxygen atoms in total. The molecule has 0 bridgehead atoms. The number of anilines is 2. The van der Waals surface area contributed by atoms with Gasteiger partial charge in [0, 0.05) is 10.3 Å². The molecule has 0 radical (unpaired) electrons. The molecule has 0 saturated heterocycles. The first kappa shape index (κ1) is 15.9. The standard InChI is InChI=1S/C17H14FNO2S2/c1-12-4-2-3-5-16(12)19(23(20)21)15-10-17(22-11-15)13-6-8-14(18)9-7-13/h2-11H,1H3,(H,20,21). The molecule has 0 saturated carbocycles. The van der Waals surface area contributed by atoms with Gasteiger partial charge in [0.15, 0.2) is 0 Å². The first-order valence-corrected chi connectivity index (χ1v) is 8.82. The minimum absolute atomic E-state index is 0.288. The van der Waals surface area contributed by atoms with Gasteiger partial charge in [-0.05, 0) is 42.3 Å². The Kier molecular flexibility index (Phi) is 4.56. The van der Waals surface area contributed by atoms with Crippen LogP contribution in [0.4, 0.5) is 15.8 Å². The molecule has 0 aliphatic rings. The Morgan fingerprint density at radius 3 is 2.48 bits per heavy atom. The second-order valence-electron chi connectivity index (χ2n) is 4.99. The third-order valence-corrected chi connectivity index (χ3v) is 5.13. The zero-order valence-corrected chi connectivity index (χ0v) is 13.9. The molecule has 3 rings (SSSR count). The fourth-order valence-corrected chi connectivity index (χ4v) is 3.91. The highest BCUT2D eigenvalue weighted by molar-refractivity contribution is 7.81. The van der Waals surface area contributed by atoms with Gasteiger partial charge in [-0.1, -0.05) is 30.3 Å². The molecule has 1 heterocycles. The number of rotatable bonds is 4. The summed E-state index contributed by atoms with van der Waals surface area (Å²) in [6, 6.07) is 15.4. The molecule has 0 aliphatic carbocycles. The van der Waals surface area contributed by atoms with Crippen molar-refractivity contribution in [2.24, 2.45) is 0 Å². The molecule has 0 spiro atoms. The molecule has 1 unspecified atom stereocenters. The molecule has 1 atom stereocenters. The third kappa shape index (κ3) is 3.34. The van der Waals surface area contributed by atoms with Gasteiger partial charge in [0.2, 0.25) is 0 Å². The minimum atomic E-state index is -2.18. The van der Waals surface area contributed by atoms with Crippen LogP contribution in [0.2, 0.25) is 0 Å². The lowest BCUT2D eigenvalue weighted by Gasteiger charge is -2.20. The second-order valence-corrected chi connectivity index (χ2v) is 6.73. The van der Waals surface area contributed by atoms with E-state index in [9.17, 15) is 13.2 Å². The van der Waals surface area contributed by atoms with E-state index in [1.54, 1.807) is 18.2 Å². The van der Waals surface area contributed by atoms with E-state index in [-0.39, 0.29) is 5.82 Å². The molecule has 0 aliphatic heterocycles. The van der Waals surface area contributed by atoms with Crippen molar-refractivity contribution in [1.82, 2.24) is 0 Å². The maximum Gasteiger partial charge on any atom is 0.266 e. The normalized spacial score (nSPS) is 12.1. The van der Waals surface area contributed by atoms with Crippen molar-refractivity contribution in [2.45, 2.75) is 6.92 Å². The summed E-state index contributed by atoms with van der Waals surface area (Å²) in [5.74, 6) is -0.288. The number of hydrogen-bond acceptors (Lipinski definition) is 2. The van der Waals surface area contributed by atoms with E-state index < -0.39 is 11.3 Å². The van der Waals surface area contributed by atoms with Crippen LogP contribution in [0.5, 0.6) is 0 Å². The SMILES string of the molecule is Cc1ccccc1N(c1csc(-c2ccc(F)cc2)c1)S(=O)O. The highest BCUT2D eigenvalue weighted by atomic mass is 32.2.